The van der Waals surface area contributed by atoms with Crippen LogP contribution in [0.4, 0.5) is 8.78 Å². The number of carbonyl (C=O) groups excluding carboxylic acids is 1. The Labute approximate surface area is 196 Å². The molecule has 3 heterocycles. The van der Waals surface area contributed by atoms with Gasteiger partial charge in [0, 0.05) is 17.5 Å². The highest BCUT2D eigenvalue weighted by Crippen LogP contribution is 2.35. The van der Waals surface area contributed by atoms with E-state index in [1.165, 1.54) is 18.2 Å². The Hall–Kier alpha value is -3.55. The number of aromatic nitrogens is 3. The minimum Gasteiger partial charge on any atom is -0.361 e. The summed E-state index contributed by atoms with van der Waals surface area (Å²) in [6, 6.07) is 7.19. The summed E-state index contributed by atoms with van der Waals surface area (Å²) in [5.74, 6) is -0.713. The van der Waals surface area contributed by atoms with Gasteiger partial charge in [0.1, 0.15) is 23.1 Å². The molecule has 4 aromatic rings. The van der Waals surface area contributed by atoms with Crippen LogP contribution in [0.2, 0.25) is 0 Å². The first-order valence-electron chi connectivity index (χ1n) is 11.6. The highest BCUT2D eigenvalue weighted by Gasteiger charge is 2.25. The average Bonchev–Trinajstić information content (AvgIpc) is 3.37. The van der Waals surface area contributed by atoms with Gasteiger partial charge in [-0.05, 0) is 56.4 Å². The molecule has 0 unspecified atom stereocenters. The standard InChI is InChI=1S/C26H26F2N4O2/c1-14(2)25-17(26(33)29-13-20-16-7-4-5-10-22(16)34-31-20)11-12-21-23(15(3)30-32(21)25)24-18(27)8-6-9-19(24)28/h6,8-9,11-12,14H,4-5,7,10,13H2,1-3H3,(H,29,33). The van der Waals surface area contributed by atoms with E-state index in [1.54, 1.807) is 23.6 Å². The van der Waals surface area contributed by atoms with Gasteiger partial charge in [0.2, 0.25) is 0 Å². The Morgan fingerprint density at radius 2 is 1.85 bits per heavy atom. The van der Waals surface area contributed by atoms with Crippen molar-refractivity contribution in [3.8, 4) is 11.1 Å². The summed E-state index contributed by atoms with van der Waals surface area (Å²) in [6.45, 7) is 5.91. The second-order valence-electron chi connectivity index (χ2n) is 9.06. The molecule has 1 N–H and O–H groups in total. The molecule has 0 aliphatic heterocycles. The maximum absolute atomic E-state index is 14.6. The lowest BCUT2D eigenvalue weighted by molar-refractivity contribution is 0.0948. The molecule has 0 bridgehead atoms. The van der Waals surface area contributed by atoms with Crippen molar-refractivity contribution < 1.29 is 18.1 Å². The zero-order valence-electron chi connectivity index (χ0n) is 19.4. The number of hydrogen-bond donors (Lipinski definition) is 1. The van der Waals surface area contributed by atoms with E-state index in [2.05, 4.69) is 15.6 Å². The zero-order chi connectivity index (χ0) is 24.0. The highest BCUT2D eigenvalue weighted by molar-refractivity contribution is 5.96. The van der Waals surface area contributed by atoms with Crippen molar-refractivity contribution in [3.05, 3.63) is 75.9 Å². The van der Waals surface area contributed by atoms with Gasteiger partial charge in [0.05, 0.1) is 34.6 Å². The third-order valence-corrected chi connectivity index (χ3v) is 6.46. The van der Waals surface area contributed by atoms with Gasteiger partial charge in [-0.25, -0.2) is 13.3 Å². The molecule has 34 heavy (non-hydrogen) atoms. The fraction of sp³-hybridized carbons (Fsp3) is 0.346. The van der Waals surface area contributed by atoms with Crippen molar-refractivity contribution >= 4 is 11.4 Å². The van der Waals surface area contributed by atoms with E-state index >= 15 is 0 Å². The predicted molar refractivity (Wildman–Crippen MR) is 124 cm³/mol. The van der Waals surface area contributed by atoms with E-state index in [0.29, 0.717) is 28.0 Å². The van der Waals surface area contributed by atoms with Crippen LogP contribution in [0.5, 0.6) is 0 Å². The highest BCUT2D eigenvalue weighted by atomic mass is 19.1. The summed E-state index contributed by atoms with van der Waals surface area (Å²) in [7, 11) is 0. The fourth-order valence-corrected chi connectivity index (χ4v) is 4.88. The van der Waals surface area contributed by atoms with Crippen LogP contribution in [-0.2, 0) is 19.4 Å². The van der Waals surface area contributed by atoms with Gasteiger partial charge < -0.3 is 9.84 Å². The van der Waals surface area contributed by atoms with Crippen molar-refractivity contribution in [2.24, 2.45) is 0 Å². The van der Waals surface area contributed by atoms with Gasteiger partial charge in [-0.15, -0.1) is 0 Å². The molecule has 8 heteroatoms. The van der Waals surface area contributed by atoms with Crippen LogP contribution >= 0.6 is 0 Å². The quantitative estimate of drug-likeness (QED) is 0.423. The molecule has 1 aromatic carbocycles. The molecule has 176 valence electrons. The summed E-state index contributed by atoms with van der Waals surface area (Å²) in [6.07, 6.45) is 3.98. The number of carbonyl (C=O) groups is 1. The third kappa shape index (κ3) is 3.67. The summed E-state index contributed by atoms with van der Waals surface area (Å²) in [5, 5.41) is 11.7. The lowest BCUT2D eigenvalue weighted by Crippen LogP contribution is -2.26. The number of benzene rings is 1. The topological polar surface area (TPSA) is 72.4 Å². The molecule has 1 aliphatic carbocycles. The lowest BCUT2D eigenvalue weighted by Gasteiger charge is -2.15. The number of nitrogens with zero attached hydrogens (tertiary/aromatic N) is 3. The van der Waals surface area contributed by atoms with Crippen LogP contribution < -0.4 is 5.32 Å². The van der Waals surface area contributed by atoms with Crippen LogP contribution in [0.15, 0.2) is 34.9 Å². The van der Waals surface area contributed by atoms with E-state index in [1.807, 2.05) is 13.8 Å². The number of amides is 1. The number of pyridine rings is 1. The molecule has 0 radical (unpaired) electrons. The molecule has 1 aliphatic rings. The Kier molecular flexibility index (Phi) is 5.67. The maximum Gasteiger partial charge on any atom is 0.253 e. The lowest BCUT2D eigenvalue weighted by atomic mass is 9.96. The second kappa shape index (κ2) is 8.66. The SMILES string of the molecule is Cc1nn2c(C(C)C)c(C(=O)NCc3noc4c3CCCC4)ccc2c1-c1c(F)cccc1F. The smallest absolute Gasteiger partial charge is 0.253 e. The largest absolute Gasteiger partial charge is 0.361 e. The summed E-state index contributed by atoms with van der Waals surface area (Å²) >= 11 is 0. The average molecular weight is 465 g/mol. The van der Waals surface area contributed by atoms with E-state index in [4.69, 9.17) is 4.52 Å². The molecule has 0 saturated carbocycles. The van der Waals surface area contributed by atoms with E-state index in [9.17, 15) is 13.6 Å². The monoisotopic (exact) mass is 464 g/mol. The van der Waals surface area contributed by atoms with Crippen LogP contribution in [-0.4, -0.2) is 20.7 Å². The van der Waals surface area contributed by atoms with Crippen molar-refractivity contribution in [1.82, 2.24) is 20.1 Å². The third-order valence-electron chi connectivity index (χ3n) is 6.46. The zero-order valence-corrected chi connectivity index (χ0v) is 19.4. The number of rotatable bonds is 5. The fourth-order valence-electron chi connectivity index (χ4n) is 4.88. The number of nitrogens with one attached hydrogen (secondary N) is 1. The summed E-state index contributed by atoms with van der Waals surface area (Å²) < 4.78 is 36.3. The number of hydrogen-bond acceptors (Lipinski definition) is 4. The number of fused-ring (bicyclic) bond motifs is 2. The molecular formula is C26H26F2N4O2. The van der Waals surface area contributed by atoms with E-state index in [-0.39, 0.29) is 23.9 Å². The minimum atomic E-state index is -0.651. The first kappa shape index (κ1) is 22.3. The van der Waals surface area contributed by atoms with Crippen molar-refractivity contribution in [1.29, 1.82) is 0 Å². The summed E-state index contributed by atoms with van der Waals surface area (Å²) in [4.78, 5) is 13.2. The van der Waals surface area contributed by atoms with Crippen LogP contribution in [0.25, 0.3) is 16.6 Å². The molecule has 0 spiro atoms. The summed E-state index contributed by atoms with van der Waals surface area (Å²) in [5.41, 5.74) is 4.31. The van der Waals surface area contributed by atoms with Gasteiger partial charge in [-0.2, -0.15) is 5.10 Å². The van der Waals surface area contributed by atoms with Crippen LogP contribution in [0.3, 0.4) is 0 Å². The molecule has 1 amide bonds. The first-order chi connectivity index (χ1) is 16.4. The predicted octanol–water partition coefficient (Wildman–Crippen LogP) is 5.51. The van der Waals surface area contributed by atoms with Crippen molar-refractivity contribution in [3.63, 3.8) is 0 Å². The first-order valence-corrected chi connectivity index (χ1v) is 11.6. The Balaban J connectivity index is 1.53. The van der Waals surface area contributed by atoms with Crippen molar-refractivity contribution in [2.45, 2.75) is 58.9 Å². The second-order valence-corrected chi connectivity index (χ2v) is 9.06. The Bertz CT molecular complexity index is 1380. The van der Waals surface area contributed by atoms with Gasteiger partial charge >= 0.3 is 0 Å². The van der Waals surface area contributed by atoms with Gasteiger partial charge in [-0.1, -0.05) is 25.1 Å². The van der Waals surface area contributed by atoms with Gasteiger partial charge in [0.15, 0.2) is 0 Å². The van der Waals surface area contributed by atoms with Crippen LogP contribution in [0, 0.1) is 18.6 Å². The molecule has 5 rings (SSSR count). The van der Waals surface area contributed by atoms with Gasteiger partial charge in [0.25, 0.3) is 5.91 Å². The van der Waals surface area contributed by atoms with E-state index < -0.39 is 11.6 Å². The maximum atomic E-state index is 14.6. The van der Waals surface area contributed by atoms with Gasteiger partial charge in [-0.3, -0.25) is 4.79 Å². The minimum absolute atomic E-state index is 0.0677. The Morgan fingerprint density at radius 3 is 2.59 bits per heavy atom. The molecule has 0 atom stereocenters. The molecular weight excluding hydrogens is 438 g/mol. The van der Waals surface area contributed by atoms with E-state index in [0.717, 1.165) is 42.7 Å². The molecule has 6 nitrogen and oxygen atoms in total. The molecule has 3 aromatic heterocycles. The van der Waals surface area contributed by atoms with Crippen molar-refractivity contribution in [2.75, 3.05) is 0 Å². The number of aryl methyl sites for hydroxylation is 2. The van der Waals surface area contributed by atoms with Crippen LogP contribution in [0.1, 0.15) is 71.4 Å². The molecule has 0 saturated heterocycles. The number of halogens is 2. The Morgan fingerprint density at radius 1 is 1.12 bits per heavy atom. The molecule has 0 fully saturated rings. The normalized spacial score (nSPS) is 13.5.